The van der Waals surface area contributed by atoms with E-state index in [-0.39, 0.29) is 11.4 Å². The van der Waals surface area contributed by atoms with E-state index in [4.69, 9.17) is 0 Å². The van der Waals surface area contributed by atoms with Crippen LogP contribution in [0.2, 0.25) is 0 Å². The normalized spacial score (nSPS) is 12.8. The molecule has 0 fully saturated rings. The average Bonchev–Trinajstić information content (AvgIpc) is 2.92. The van der Waals surface area contributed by atoms with Crippen molar-refractivity contribution in [2.45, 2.75) is 26.0 Å². The topological polar surface area (TPSA) is 89.3 Å². The fourth-order valence-corrected chi connectivity index (χ4v) is 3.09. The van der Waals surface area contributed by atoms with E-state index in [1.165, 1.54) is 12.3 Å². The summed E-state index contributed by atoms with van der Waals surface area (Å²) in [5.74, 6) is -1.36. The molecule has 2 aromatic rings. The van der Waals surface area contributed by atoms with Crippen LogP contribution in [0.15, 0.2) is 41.1 Å². The Morgan fingerprint density at radius 3 is 2.55 bits per heavy atom. The Labute approximate surface area is 129 Å². The summed E-state index contributed by atoms with van der Waals surface area (Å²) in [5, 5.41) is 3.52. The fraction of sp³-hybridized carbons (Fsp3) is 0.333. The van der Waals surface area contributed by atoms with Crippen molar-refractivity contribution in [3.05, 3.63) is 53.4 Å². The molecule has 22 heavy (non-hydrogen) atoms. The molecular formula is C15H18N2O4S. The summed E-state index contributed by atoms with van der Waals surface area (Å²) in [5.41, 5.74) is 2.38. The van der Waals surface area contributed by atoms with Gasteiger partial charge in [0.05, 0.1) is 0 Å². The number of nitrogens with one attached hydrogen (secondary N) is 1. The highest BCUT2D eigenvalue weighted by Gasteiger charge is 2.21. The number of hydrogen-bond donors (Lipinski definition) is 1. The third-order valence-electron chi connectivity index (χ3n) is 3.20. The lowest BCUT2D eigenvalue weighted by Crippen LogP contribution is -2.36. The Morgan fingerprint density at radius 1 is 1.27 bits per heavy atom. The number of aromatic nitrogens is 1. The average molecular weight is 322 g/mol. The molecule has 0 aliphatic rings. The first kappa shape index (κ1) is 16.2. The van der Waals surface area contributed by atoms with Crippen LogP contribution in [0.1, 0.15) is 23.7 Å². The van der Waals surface area contributed by atoms with Crippen molar-refractivity contribution in [2.75, 3.05) is 0 Å². The van der Waals surface area contributed by atoms with Crippen LogP contribution in [-0.2, 0) is 27.0 Å². The molecule has 0 saturated carbocycles. The molecule has 2 rings (SSSR count). The van der Waals surface area contributed by atoms with Crippen LogP contribution in [0.4, 0.5) is 0 Å². The molecule has 0 bridgehead atoms. The zero-order valence-corrected chi connectivity index (χ0v) is 13.3. The molecule has 118 valence electrons. The minimum Gasteiger partial charge on any atom is -0.364 e. The highest BCUT2D eigenvalue weighted by atomic mass is 32.2. The van der Waals surface area contributed by atoms with E-state index < -0.39 is 21.8 Å². The van der Waals surface area contributed by atoms with Crippen LogP contribution >= 0.6 is 0 Å². The van der Waals surface area contributed by atoms with Crippen molar-refractivity contribution in [1.82, 2.24) is 9.88 Å². The fourth-order valence-electron chi connectivity index (χ4n) is 1.97. The summed E-state index contributed by atoms with van der Waals surface area (Å²) in [6, 6.07) is 9.23. The van der Waals surface area contributed by atoms with Gasteiger partial charge in [0.1, 0.15) is 17.7 Å². The van der Waals surface area contributed by atoms with Gasteiger partial charge in [0.25, 0.3) is 0 Å². The van der Waals surface area contributed by atoms with E-state index in [0.717, 1.165) is 11.1 Å². The zero-order valence-electron chi connectivity index (χ0n) is 12.4. The van der Waals surface area contributed by atoms with E-state index >= 15 is 0 Å². The lowest BCUT2D eigenvalue weighted by molar-refractivity contribution is -0.122. The van der Waals surface area contributed by atoms with Gasteiger partial charge in [-0.1, -0.05) is 41.9 Å². The van der Waals surface area contributed by atoms with Crippen molar-refractivity contribution >= 4 is 15.9 Å². The molecule has 0 radical (unpaired) electrons. The molecule has 1 heterocycles. The zero-order chi connectivity index (χ0) is 16.2. The summed E-state index contributed by atoms with van der Waals surface area (Å²) >= 11 is 0. The lowest BCUT2D eigenvalue weighted by atomic mass is 10.00. The number of nitrogens with zero attached hydrogens (tertiary/aromatic N) is 1. The second-order valence-electron chi connectivity index (χ2n) is 5.31. The van der Waals surface area contributed by atoms with Crippen molar-refractivity contribution in [1.29, 1.82) is 0 Å². The number of hydrogen-bond acceptors (Lipinski definition) is 5. The van der Waals surface area contributed by atoms with Gasteiger partial charge in [0, 0.05) is 12.0 Å². The molecule has 7 heteroatoms. The Hall–Kier alpha value is -2.15. The van der Waals surface area contributed by atoms with Gasteiger partial charge in [0.15, 0.2) is 0 Å². The van der Waals surface area contributed by atoms with E-state index in [0.29, 0.717) is 6.42 Å². The van der Waals surface area contributed by atoms with Crippen molar-refractivity contribution < 1.29 is 17.7 Å². The Kier molecular flexibility index (Phi) is 4.97. The maximum Gasteiger partial charge on any atom is 0.240 e. The second-order valence-corrected chi connectivity index (χ2v) is 7.03. The minimum atomic E-state index is -3.77. The summed E-state index contributed by atoms with van der Waals surface area (Å²) in [7, 11) is -3.77. The predicted octanol–water partition coefficient (Wildman–Crippen LogP) is 1.81. The largest absolute Gasteiger partial charge is 0.364 e. The molecule has 1 atom stereocenters. The first-order valence-electron chi connectivity index (χ1n) is 6.85. The van der Waals surface area contributed by atoms with Crippen LogP contribution in [0.5, 0.6) is 0 Å². The van der Waals surface area contributed by atoms with Crippen molar-refractivity contribution in [3.8, 4) is 0 Å². The summed E-state index contributed by atoms with van der Waals surface area (Å²) in [6.07, 6.45) is 1.76. The summed E-state index contributed by atoms with van der Waals surface area (Å²) in [6.45, 7) is 3.68. The lowest BCUT2D eigenvalue weighted by Gasteiger charge is -2.12. The maximum atomic E-state index is 12.0. The van der Waals surface area contributed by atoms with Crippen LogP contribution in [0.25, 0.3) is 0 Å². The van der Waals surface area contributed by atoms with Crippen LogP contribution < -0.4 is 4.72 Å². The number of benzene rings is 1. The monoisotopic (exact) mass is 322 g/mol. The van der Waals surface area contributed by atoms with E-state index in [9.17, 15) is 13.2 Å². The van der Waals surface area contributed by atoms with Crippen LogP contribution in [0, 0.1) is 12.8 Å². The predicted molar refractivity (Wildman–Crippen MR) is 81.3 cm³/mol. The van der Waals surface area contributed by atoms with Gasteiger partial charge in [0.2, 0.25) is 15.9 Å². The number of sulfonamides is 1. The SMILES string of the molecule is Cc1ccc(CC(C)C(=O)NS(=O)(=O)Cc2ccon2)cc1. The highest BCUT2D eigenvalue weighted by molar-refractivity contribution is 7.89. The number of rotatable bonds is 6. The van der Waals surface area contributed by atoms with Crippen molar-refractivity contribution in [3.63, 3.8) is 0 Å². The van der Waals surface area contributed by atoms with Gasteiger partial charge in [-0.3, -0.25) is 9.52 Å². The van der Waals surface area contributed by atoms with Crippen LogP contribution in [-0.4, -0.2) is 19.5 Å². The minimum absolute atomic E-state index is 0.256. The molecule has 1 aromatic heterocycles. The van der Waals surface area contributed by atoms with E-state index in [2.05, 4.69) is 14.4 Å². The second kappa shape index (κ2) is 6.74. The third-order valence-corrected chi connectivity index (χ3v) is 4.38. The smallest absolute Gasteiger partial charge is 0.240 e. The molecule has 0 aliphatic carbocycles. The van der Waals surface area contributed by atoms with Gasteiger partial charge in [-0.15, -0.1) is 0 Å². The Balaban J connectivity index is 1.94. The van der Waals surface area contributed by atoms with Gasteiger partial charge in [-0.2, -0.15) is 0 Å². The number of aryl methyl sites for hydroxylation is 1. The number of carbonyl (C=O) groups excluding carboxylic acids is 1. The molecular weight excluding hydrogens is 304 g/mol. The molecule has 0 aliphatic heterocycles. The molecule has 1 amide bonds. The number of amides is 1. The maximum absolute atomic E-state index is 12.0. The molecule has 1 unspecified atom stereocenters. The quantitative estimate of drug-likeness (QED) is 0.876. The summed E-state index contributed by atoms with van der Waals surface area (Å²) < 4.78 is 30.4. The highest BCUT2D eigenvalue weighted by Crippen LogP contribution is 2.11. The van der Waals surface area contributed by atoms with Gasteiger partial charge >= 0.3 is 0 Å². The number of carbonyl (C=O) groups is 1. The third kappa shape index (κ3) is 4.70. The molecule has 0 saturated heterocycles. The summed E-state index contributed by atoms with van der Waals surface area (Å²) in [4.78, 5) is 12.0. The van der Waals surface area contributed by atoms with Crippen molar-refractivity contribution in [2.24, 2.45) is 5.92 Å². The van der Waals surface area contributed by atoms with Gasteiger partial charge in [-0.05, 0) is 18.9 Å². The van der Waals surface area contributed by atoms with Gasteiger partial charge in [-0.25, -0.2) is 8.42 Å². The van der Waals surface area contributed by atoms with Gasteiger partial charge < -0.3 is 4.52 Å². The molecule has 6 nitrogen and oxygen atoms in total. The van der Waals surface area contributed by atoms with E-state index in [1.54, 1.807) is 6.92 Å². The molecule has 1 N–H and O–H groups in total. The Morgan fingerprint density at radius 2 is 1.95 bits per heavy atom. The molecule has 0 spiro atoms. The Bertz CT molecular complexity index is 721. The first-order chi connectivity index (χ1) is 10.4. The van der Waals surface area contributed by atoms with Crippen LogP contribution in [0.3, 0.4) is 0 Å². The first-order valence-corrected chi connectivity index (χ1v) is 8.50. The van der Waals surface area contributed by atoms with E-state index in [1.807, 2.05) is 31.2 Å². The standard InChI is InChI=1S/C15H18N2O4S/c1-11-3-5-13(6-4-11)9-12(2)15(18)17-22(19,20)10-14-7-8-21-16-14/h3-8,12H,9-10H2,1-2H3,(H,17,18). The molecule has 1 aromatic carbocycles.